The van der Waals surface area contributed by atoms with Crippen LogP contribution < -0.4 is 10.1 Å². The Hall–Kier alpha value is -1.62. The lowest BCUT2D eigenvalue weighted by atomic mass is 10.2. The number of rotatable bonds is 3. The molecule has 2 rings (SSSR count). The molecule has 86 valence electrons. The van der Waals surface area contributed by atoms with E-state index in [0.717, 1.165) is 0 Å². The van der Waals surface area contributed by atoms with Crippen molar-refractivity contribution in [3.05, 3.63) is 30.1 Å². The minimum atomic E-state index is -0.903. The first-order chi connectivity index (χ1) is 7.66. The smallest absolute Gasteiger partial charge is 0.320 e. The van der Waals surface area contributed by atoms with E-state index in [1.165, 1.54) is 12.1 Å². The molecule has 0 amide bonds. The Morgan fingerprint density at radius 2 is 2.25 bits per heavy atom. The van der Waals surface area contributed by atoms with Gasteiger partial charge in [-0.1, -0.05) is 12.1 Å². The van der Waals surface area contributed by atoms with Crippen LogP contribution in [-0.4, -0.2) is 29.8 Å². The summed E-state index contributed by atoms with van der Waals surface area (Å²) in [5.74, 6) is -1.17. The fourth-order valence-corrected chi connectivity index (χ4v) is 1.70. The van der Waals surface area contributed by atoms with E-state index in [1.54, 1.807) is 12.1 Å². The van der Waals surface area contributed by atoms with Crippen molar-refractivity contribution < 1.29 is 19.0 Å². The SMILES string of the molecule is O=C(O)C1CC(Oc2ccccc2F)CN1. The Kier molecular flexibility index (Phi) is 3.05. The maximum Gasteiger partial charge on any atom is 0.320 e. The highest BCUT2D eigenvalue weighted by Gasteiger charge is 2.30. The third-order valence-corrected chi connectivity index (χ3v) is 2.52. The van der Waals surface area contributed by atoms with Gasteiger partial charge in [-0.25, -0.2) is 4.39 Å². The predicted molar refractivity (Wildman–Crippen MR) is 54.9 cm³/mol. The van der Waals surface area contributed by atoms with Crippen LogP contribution in [0.5, 0.6) is 5.75 Å². The topological polar surface area (TPSA) is 58.6 Å². The first kappa shape index (κ1) is 10.9. The summed E-state index contributed by atoms with van der Waals surface area (Å²) in [6, 6.07) is 5.50. The average molecular weight is 225 g/mol. The third-order valence-electron chi connectivity index (χ3n) is 2.52. The van der Waals surface area contributed by atoms with Crippen LogP contribution in [0.15, 0.2) is 24.3 Å². The van der Waals surface area contributed by atoms with Crippen LogP contribution in [0.1, 0.15) is 6.42 Å². The highest BCUT2D eigenvalue weighted by Crippen LogP contribution is 2.20. The van der Waals surface area contributed by atoms with Crippen molar-refractivity contribution in [2.24, 2.45) is 0 Å². The molecule has 16 heavy (non-hydrogen) atoms. The van der Waals surface area contributed by atoms with Crippen LogP contribution in [0.25, 0.3) is 0 Å². The zero-order chi connectivity index (χ0) is 11.5. The molecule has 2 atom stereocenters. The van der Waals surface area contributed by atoms with Gasteiger partial charge in [0, 0.05) is 13.0 Å². The average Bonchev–Trinajstić information content (AvgIpc) is 2.70. The van der Waals surface area contributed by atoms with Gasteiger partial charge in [0.05, 0.1) is 0 Å². The minimum Gasteiger partial charge on any atom is -0.486 e. The largest absolute Gasteiger partial charge is 0.486 e. The summed E-state index contributed by atoms with van der Waals surface area (Å²) in [5.41, 5.74) is 0. The number of hydrogen-bond acceptors (Lipinski definition) is 3. The Morgan fingerprint density at radius 3 is 2.88 bits per heavy atom. The molecule has 0 aromatic heterocycles. The van der Waals surface area contributed by atoms with E-state index in [2.05, 4.69) is 5.32 Å². The van der Waals surface area contributed by atoms with Crippen molar-refractivity contribution in [2.75, 3.05) is 6.54 Å². The van der Waals surface area contributed by atoms with E-state index < -0.39 is 17.8 Å². The van der Waals surface area contributed by atoms with E-state index in [9.17, 15) is 9.18 Å². The number of para-hydroxylation sites is 1. The standard InChI is InChI=1S/C11H12FNO3/c12-8-3-1-2-4-10(8)16-7-5-9(11(14)15)13-6-7/h1-4,7,9,13H,5-6H2,(H,14,15). The maximum absolute atomic E-state index is 13.2. The van der Waals surface area contributed by atoms with Gasteiger partial charge in [-0.05, 0) is 12.1 Å². The van der Waals surface area contributed by atoms with Crippen LogP contribution in [0.3, 0.4) is 0 Å². The molecule has 1 aliphatic heterocycles. The normalized spacial score (nSPS) is 24.3. The maximum atomic E-state index is 13.2. The number of hydrogen-bond donors (Lipinski definition) is 2. The van der Waals surface area contributed by atoms with E-state index in [0.29, 0.717) is 13.0 Å². The molecular formula is C11H12FNO3. The summed E-state index contributed by atoms with van der Waals surface area (Å²) in [6.45, 7) is 0.422. The number of carboxylic acid groups (broad SMARTS) is 1. The molecule has 2 unspecified atom stereocenters. The molecule has 0 radical (unpaired) electrons. The van der Waals surface area contributed by atoms with Crippen molar-refractivity contribution in [2.45, 2.75) is 18.6 Å². The van der Waals surface area contributed by atoms with Gasteiger partial charge in [-0.2, -0.15) is 0 Å². The van der Waals surface area contributed by atoms with E-state index >= 15 is 0 Å². The van der Waals surface area contributed by atoms with Crippen LogP contribution in [0.4, 0.5) is 4.39 Å². The Labute approximate surface area is 92.0 Å². The Morgan fingerprint density at radius 1 is 1.50 bits per heavy atom. The van der Waals surface area contributed by atoms with Gasteiger partial charge in [0.25, 0.3) is 0 Å². The third kappa shape index (κ3) is 2.30. The molecule has 5 heteroatoms. The van der Waals surface area contributed by atoms with Crippen LogP contribution in [0, 0.1) is 5.82 Å². The number of benzene rings is 1. The zero-order valence-corrected chi connectivity index (χ0v) is 8.52. The zero-order valence-electron chi connectivity index (χ0n) is 8.52. The second-order valence-corrected chi connectivity index (χ2v) is 3.71. The number of ether oxygens (including phenoxy) is 1. The molecule has 1 aliphatic rings. The molecule has 1 saturated heterocycles. The monoisotopic (exact) mass is 225 g/mol. The second kappa shape index (κ2) is 4.49. The van der Waals surface area contributed by atoms with Crippen molar-refractivity contribution in [1.82, 2.24) is 5.32 Å². The molecule has 1 aromatic carbocycles. The van der Waals surface area contributed by atoms with Gasteiger partial charge < -0.3 is 15.2 Å². The van der Waals surface area contributed by atoms with E-state index in [1.807, 2.05) is 0 Å². The van der Waals surface area contributed by atoms with Crippen molar-refractivity contribution in [3.63, 3.8) is 0 Å². The molecule has 1 heterocycles. The van der Waals surface area contributed by atoms with Crippen LogP contribution in [-0.2, 0) is 4.79 Å². The number of nitrogens with one attached hydrogen (secondary N) is 1. The first-order valence-corrected chi connectivity index (χ1v) is 5.04. The van der Waals surface area contributed by atoms with E-state index in [-0.39, 0.29) is 11.9 Å². The first-order valence-electron chi connectivity index (χ1n) is 5.04. The number of carboxylic acids is 1. The lowest BCUT2D eigenvalue weighted by Gasteiger charge is -2.12. The van der Waals surface area contributed by atoms with Gasteiger partial charge in [-0.15, -0.1) is 0 Å². The second-order valence-electron chi connectivity index (χ2n) is 3.71. The lowest BCUT2D eigenvalue weighted by molar-refractivity contribution is -0.139. The van der Waals surface area contributed by atoms with Crippen molar-refractivity contribution in [3.8, 4) is 5.75 Å². The molecule has 0 aliphatic carbocycles. The molecular weight excluding hydrogens is 213 g/mol. The van der Waals surface area contributed by atoms with Crippen molar-refractivity contribution >= 4 is 5.97 Å². The Balaban J connectivity index is 1.97. The molecule has 0 saturated carbocycles. The van der Waals surface area contributed by atoms with Gasteiger partial charge in [-0.3, -0.25) is 4.79 Å². The highest BCUT2D eigenvalue weighted by molar-refractivity contribution is 5.73. The summed E-state index contributed by atoms with van der Waals surface area (Å²) in [6.07, 6.45) is 0.0573. The van der Waals surface area contributed by atoms with E-state index in [4.69, 9.17) is 9.84 Å². The predicted octanol–water partition coefficient (Wildman–Crippen LogP) is 1.02. The summed E-state index contributed by atoms with van der Waals surface area (Å²) >= 11 is 0. The van der Waals surface area contributed by atoms with Crippen LogP contribution >= 0.6 is 0 Å². The molecule has 1 fully saturated rings. The lowest BCUT2D eigenvalue weighted by Crippen LogP contribution is -2.30. The number of aliphatic carboxylic acids is 1. The molecule has 0 spiro atoms. The van der Waals surface area contributed by atoms with Crippen molar-refractivity contribution in [1.29, 1.82) is 0 Å². The summed E-state index contributed by atoms with van der Waals surface area (Å²) < 4.78 is 18.6. The quantitative estimate of drug-likeness (QED) is 0.806. The molecule has 2 N–H and O–H groups in total. The number of halogens is 1. The molecule has 0 bridgehead atoms. The van der Waals surface area contributed by atoms with Gasteiger partial charge in [0.1, 0.15) is 12.1 Å². The summed E-state index contributed by atoms with van der Waals surface area (Å²) in [4.78, 5) is 10.7. The minimum absolute atomic E-state index is 0.167. The molecule has 1 aromatic rings. The Bertz CT molecular complexity index is 397. The number of carbonyl (C=O) groups is 1. The summed E-state index contributed by atoms with van der Waals surface area (Å²) in [7, 11) is 0. The summed E-state index contributed by atoms with van der Waals surface area (Å²) in [5, 5.41) is 11.6. The molecule has 4 nitrogen and oxygen atoms in total. The highest BCUT2D eigenvalue weighted by atomic mass is 19.1. The van der Waals surface area contributed by atoms with Crippen LogP contribution in [0.2, 0.25) is 0 Å². The fraction of sp³-hybridized carbons (Fsp3) is 0.364. The van der Waals surface area contributed by atoms with Gasteiger partial charge in [0.2, 0.25) is 0 Å². The fourth-order valence-electron chi connectivity index (χ4n) is 1.70. The van der Waals surface area contributed by atoms with Gasteiger partial charge >= 0.3 is 5.97 Å². The van der Waals surface area contributed by atoms with Gasteiger partial charge in [0.15, 0.2) is 11.6 Å².